The van der Waals surface area contributed by atoms with Crippen LogP contribution < -0.4 is 0 Å². The molecule has 7 aromatic rings. The van der Waals surface area contributed by atoms with Crippen LogP contribution >= 0.6 is 12.2 Å². The van der Waals surface area contributed by atoms with Crippen molar-refractivity contribution in [3.05, 3.63) is 89.7 Å². The quantitative estimate of drug-likeness (QED) is 0.215. The number of H-pyrrole nitrogens is 4. The molecular formula is C27H18N6S. The standard InChI is InChI=1S/C27H18N6S/c34-27-32-21-11-8-18(14-24(21)33-27)26-29-20-10-7-17(13-23(20)31-26)25-28-19-9-6-16(12-22(19)30-25)15-4-2-1-3-5-15/h1-14H,(H,28,30)(H,29,31)(H2,32,33,34). The molecular weight excluding hydrogens is 440 g/mol. The van der Waals surface area contributed by atoms with Crippen molar-refractivity contribution in [1.29, 1.82) is 0 Å². The second-order valence-corrected chi connectivity index (χ2v) is 8.75. The Hall–Kier alpha value is -4.49. The molecule has 0 radical (unpaired) electrons. The predicted octanol–water partition coefficient (Wildman–Crippen LogP) is 6.98. The molecule has 0 bridgehead atoms. The van der Waals surface area contributed by atoms with Crippen molar-refractivity contribution in [2.75, 3.05) is 0 Å². The maximum absolute atomic E-state index is 5.20. The highest BCUT2D eigenvalue weighted by atomic mass is 32.1. The Bertz CT molecular complexity index is 1890. The lowest BCUT2D eigenvalue weighted by Gasteiger charge is -2.00. The number of nitrogens with one attached hydrogen (secondary N) is 4. The zero-order valence-electron chi connectivity index (χ0n) is 17.9. The molecule has 6 nitrogen and oxygen atoms in total. The fourth-order valence-corrected chi connectivity index (χ4v) is 4.65. The van der Waals surface area contributed by atoms with Crippen LogP contribution in [0.2, 0.25) is 0 Å². The van der Waals surface area contributed by atoms with Gasteiger partial charge in [0.15, 0.2) is 4.77 Å². The number of benzene rings is 4. The molecule has 0 aliphatic heterocycles. The number of aromatic amines is 4. The van der Waals surface area contributed by atoms with Crippen molar-refractivity contribution in [3.63, 3.8) is 0 Å². The summed E-state index contributed by atoms with van der Waals surface area (Å²) >= 11 is 5.20. The zero-order valence-corrected chi connectivity index (χ0v) is 18.7. The SMILES string of the molecule is S=c1[nH]c2ccc(-c3nc4ccc(-c5nc6ccc(-c7ccccc7)cc6[nH]5)cc4[nH]3)cc2[nH]1. The fraction of sp³-hybridized carbons (Fsp3) is 0. The molecule has 3 heterocycles. The fourth-order valence-electron chi connectivity index (χ4n) is 4.43. The van der Waals surface area contributed by atoms with E-state index in [1.165, 1.54) is 5.56 Å². The summed E-state index contributed by atoms with van der Waals surface area (Å²) in [5.41, 5.74) is 10.1. The summed E-state index contributed by atoms with van der Waals surface area (Å²) in [6.07, 6.45) is 0. The van der Waals surface area contributed by atoms with Gasteiger partial charge in [0.05, 0.1) is 33.1 Å². The molecule has 0 fully saturated rings. The van der Waals surface area contributed by atoms with Crippen LogP contribution in [0.25, 0.3) is 67.0 Å². The van der Waals surface area contributed by atoms with E-state index in [0.29, 0.717) is 4.77 Å². The number of hydrogen-bond acceptors (Lipinski definition) is 3. The number of hydrogen-bond donors (Lipinski definition) is 4. The van der Waals surface area contributed by atoms with E-state index in [2.05, 4.69) is 74.5 Å². The number of rotatable bonds is 3. The van der Waals surface area contributed by atoms with E-state index < -0.39 is 0 Å². The van der Waals surface area contributed by atoms with Gasteiger partial charge in [0.1, 0.15) is 11.6 Å². The van der Waals surface area contributed by atoms with Crippen molar-refractivity contribution in [2.45, 2.75) is 0 Å². The van der Waals surface area contributed by atoms with Gasteiger partial charge in [-0.05, 0) is 71.9 Å². The van der Waals surface area contributed by atoms with Crippen LogP contribution in [-0.2, 0) is 0 Å². The molecule has 4 N–H and O–H groups in total. The molecule has 0 unspecified atom stereocenters. The second-order valence-electron chi connectivity index (χ2n) is 8.34. The average Bonchev–Trinajstić information content (AvgIpc) is 3.58. The van der Waals surface area contributed by atoms with E-state index in [-0.39, 0.29) is 0 Å². The van der Waals surface area contributed by atoms with Gasteiger partial charge in [-0.15, -0.1) is 0 Å². The van der Waals surface area contributed by atoms with E-state index in [0.717, 1.165) is 61.4 Å². The minimum absolute atomic E-state index is 0.614. The van der Waals surface area contributed by atoms with Gasteiger partial charge in [-0.2, -0.15) is 0 Å². The Kier molecular flexibility index (Phi) is 4.06. The monoisotopic (exact) mass is 458 g/mol. The van der Waals surface area contributed by atoms with Gasteiger partial charge in [0, 0.05) is 11.1 Å². The molecule has 0 atom stereocenters. The van der Waals surface area contributed by atoms with Crippen LogP contribution in [0.15, 0.2) is 84.9 Å². The van der Waals surface area contributed by atoms with Crippen LogP contribution in [0, 0.1) is 4.77 Å². The van der Waals surface area contributed by atoms with Gasteiger partial charge in [0.25, 0.3) is 0 Å². The first-order chi connectivity index (χ1) is 16.7. The maximum atomic E-state index is 5.20. The third-order valence-corrected chi connectivity index (χ3v) is 6.34. The molecule has 0 amide bonds. The third-order valence-electron chi connectivity index (χ3n) is 6.13. The third kappa shape index (κ3) is 3.14. The minimum atomic E-state index is 0.614. The van der Waals surface area contributed by atoms with Gasteiger partial charge in [-0.1, -0.05) is 36.4 Å². The molecule has 34 heavy (non-hydrogen) atoms. The molecule has 162 valence electrons. The lowest BCUT2D eigenvalue weighted by Crippen LogP contribution is -1.81. The van der Waals surface area contributed by atoms with Crippen LogP contribution in [0.4, 0.5) is 0 Å². The summed E-state index contributed by atoms with van der Waals surface area (Å²) in [5.74, 6) is 1.64. The van der Waals surface area contributed by atoms with E-state index in [1.54, 1.807) is 0 Å². The molecule has 3 aromatic heterocycles. The van der Waals surface area contributed by atoms with Crippen LogP contribution in [0.5, 0.6) is 0 Å². The Morgan fingerprint density at radius 2 is 1.03 bits per heavy atom. The molecule has 0 saturated heterocycles. The highest BCUT2D eigenvalue weighted by molar-refractivity contribution is 7.71. The lowest BCUT2D eigenvalue weighted by molar-refractivity contribution is 1.30. The van der Waals surface area contributed by atoms with Crippen molar-refractivity contribution in [3.8, 4) is 33.9 Å². The van der Waals surface area contributed by atoms with Gasteiger partial charge in [-0.25, -0.2) is 9.97 Å². The van der Waals surface area contributed by atoms with Crippen molar-refractivity contribution < 1.29 is 0 Å². The van der Waals surface area contributed by atoms with Crippen LogP contribution in [0.1, 0.15) is 0 Å². The summed E-state index contributed by atoms with van der Waals surface area (Å²) in [5, 5.41) is 0. The summed E-state index contributed by atoms with van der Waals surface area (Å²) in [7, 11) is 0. The first-order valence-corrected chi connectivity index (χ1v) is 11.4. The Morgan fingerprint density at radius 3 is 1.74 bits per heavy atom. The molecule has 0 spiro atoms. The number of aromatic nitrogens is 6. The van der Waals surface area contributed by atoms with E-state index in [4.69, 9.17) is 22.2 Å². The van der Waals surface area contributed by atoms with Crippen molar-refractivity contribution in [2.24, 2.45) is 0 Å². The summed E-state index contributed by atoms with van der Waals surface area (Å²) < 4.78 is 0.614. The minimum Gasteiger partial charge on any atom is -0.338 e. The first kappa shape index (κ1) is 19.0. The average molecular weight is 459 g/mol. The molecule has 0 aliphatic carbocycles. The number of imidazole rings is 3. The number of nitrogens with zero attached hydrogens (tertiary/aromatic N) is 2. The zero-order chi connectivity index (χ0) is 22.6. The molecule has 0 aliphatic rings. The van der Waals surface area contributed by atoms with Gasteiger partial charge in [0.2, 0.25) is 0 Å². The molecule has 7 heteroatoms. The predicted molar refractivity (Wildman–Crippen MR) is 139 cm³/mol. The summed E-state index contributed by atoms with van der Waals surface area (Å²) in [6, 6.07) is 28.9. The number of fused-ring (bicyclic) bond motifs is 3. The Balaban J connectivity index is 1.27. The smallest absolute Gasteiger partial charge is 0.175 e. The molecule has 0 saturated carbocycles. The van der Waals surface area contributed by atoms with E-state index in [9.17, 15) is 0 Å². The molecule has 4 aromatic carbocycles. The largest absolute Gasteiger partial charge is 0.338 e. The maximum Gasteiger partial charge on any atom is 0.175 e. The molecule has 7 rings (SSSR count). The first-order valence-electron chi connectivity index (χ1n) is 11.0. The van der Waals surface area contributed by atoms with Gasteiger partial charge < -0.3 is 19.9 Å². The van der Waals surface area contributed by atoms with Gasteiger partial charge in [-0.3, -0.25) is 0 Å². The van der Waals surface area contributed by atoms with Crippen molar-refractivity contribution in [1.82, 2.24) is 29.9 Å². The highest BCUT2D eigenvalue weighted by Crippen LogP contribution is 2.29. The van der Waals surface area contributed by atoms with Gasteiger partial charge >= 0.3 is 0 Å². The normalized spacial score (nSPS) is 11.6. The highest BCUT2D eigenvalue weighted by Gasteiger charge is 2.11. The summed E-state index contributed by atoms with van der Waals surface area (Å²) in [6.45, 7) is 0. The lowest BCUT2D eigenvalue weighted by atomic mass is 10.1. The summed E-state index contributed by atoms with van der Waals surface area (Å²) in [4.78, 5) is 22.8. The van der Waals surface area contributed by atoms with Crippen LogP contribution in [-0.4, -0.2) is 29.9 Å². The van der Waals surface area contributed by atoms with E-state index >= 15 is 0 Å². The topological polar surface area (TPSA) is 88.9 Å². The van der Waals surface area contributed by atoms with E-state index in [1.807, 2.05) is 30.3 Å². The Labute approximate surface area is 198 Å². The second kappa shape index (κ2) is 7.26. The Morgan fingerprint density at radius 1 is 0.471 bits per heavy atom. The van der Waals surface area contributed by atoms with Crippen molar-refractivity contribution >= 4 is 45.3 Å². The van der Waals surface area contributed by atoms with Crippen LogP contribution in [0.3, 0.4) is 0 Å².